The molecule has 0 unspecified atom stereocenters. The summed E-state index contributed by atoms with van der Waals surface area (Å²) in [5.74, 6) is 0.656. The molecule has 1 aliphatic carbocycles. The highest BCUT2D eigenvalue weighted by Crippen LogP contribution is 2.35. The summed E-state index contributed by atoms with van der Waals surface area (Å²) in [5, 5.41) is 0.983. The van der Waals surface area contributed by atoms with Gasteiger partial charge in [0.15, 0.2) is 0 Å². The van der Waals surface area contributed by atoms with Crippen molar-refractivity contribution in [3.8, 4) is 17.0 Å². The summed E-state index contributed by atoms with van der Waals surface area (Å²) in [6, 6.07) is 10.4. The highest BCUT2D eigenvalue weighted by molar-refractivity contribution is 6.04. The fraction of sp³-hybridized carbons (Fsp3) is 0.500. The monoisotopic (exact) mass is 515 g/mol. The fourth-order valence-corrected chi connectivity index (χ4v) is 6.20. The number of pyridine rings is 2. The summed E-state index contributed by atoms with van der Waals surface area (Å²) < 4.78 is 15.2. The maximum absolute atomic E-state index is 13.3. The van der Waals surface area contributed by atoms with E-state index in [1.165, 1.54) is 32.4 Å². The Bertz CT molecular complexity index is 1470. The third-order valence-electron chi connectivity index (χ3n) is 8.36. The van der Waals surface area contributed by atoms with Gasteiger partial charge in [0.05, 0.1) is 35.5 Å². The molecule has 0 amide bonds. The number of ether oxygens (including phenoxy) is 2. The van der Waals surface area contributed by atoms with Crippen LogP contribution in [0.1, 0.15) is 51.0 Å². The van der Waals surface area contributed by atoms with E-state index in [2.05, 4.69) is 33.1 Å². The van der Waals surface area contributed by atoms with Gasteiger partial charge in [-0.25, -0.2) is 9.78 Å². The van der Waals surface area contributed by atoms with Crippen LogP contribution in [0.4, 0.5) is 0 Å². The lowest BCUT2D eigenvalue weighted by atomic mass is 10.0. The second-order valence-corrected chi connectivity index (χ2v) is 10.7. The lowest BCUT2D eigenvalue weighted by molar-refractivity contribution is 0.106. The predicted octanol–water partition coefficient (Wildman–Crippen LogP) is 4.95. The number of imidazole rings is 1. The first-order valence-electron chi connectivity index (χ1n) is 14.0. The molecule has 4 aromatic rings. The number of fused-ring (bicyclic) bond motifs is 3. The largest absolute Gasteiger partial charge is 0.478 e. The van der Waals surface area contributed by atoms with Crippen LogP contribution in [0.25, 0.3) is 33.1 Å². The predicted molar refractivity (Wildman–Crippen MR) is 150 cm³/mol. The van der Waals surface area contributed by atoms with E-state index in [1.54, 1.807) is 11.7 Å². The molecule has 6 rings (SSSR count). The first-order valence-corrected chi connectivity index (χ1v) is 14.0. The number of benzene rings is 1. The summed E-state index contributed by atoms with van der Waals surface area (Å²) >= 11 is 0. The van der Waals surface area contributed by atoms with Crippen LogP contribution in [0, 0.1) is 0 Å². The molecule has 0 spiro atoms. The molecule has 0 N–H and O–H groups in total. The van der Waals surface area contributed by atoms with Gasteiger partial charge in [0.2, 0.25) is 5.88 Å². The van der Waals surface area contributed by atoms with Crippen molar-refractivity contribution in [1.82, 2.24) is 24.0 Å². The Kier molecular flexibility index (Phi) is 7.17. The van der Waals surface area contributed by atoms with Crippen molar-refractivity contribution in [2.75, 3.05) is 33.4 Å². The summed E-state index contributed by atoms with van der Waals surface area (Å²) in [6.45, 7) is 4.20. The summed E-state index contributed by atoms with van der Waals surface area (Å²) in [5.41, 5.74) is 4.74. The molecular formula is C30H37N5O3. The minimum atomic E-state index is 0.00455. The topological polar surface area (TPSA) is 74.4 Å². The van der Waals surface area contributed by atoms with Crippen molar-refractivity contribution >= 4 is 21.9 Å². The van der Waals surface area contributed by atoms with Crippen molar-refractivity contribution < 1.29 is 9.47 Å². The molecule has 8 heteroatoms. The van der Waals surface area contributed by atoms with E-state index in [4.69, 9.17) is 9.47 Å². The average molecular weight is 516 g/mol. The third kappa shape index (κ3) is 4.83. The first kappa shape index (κ1) is 25.1. The molecule has 0 bridgehead atoms. The maximum atomic E-state index is 13.3. The van der Waals surface area contributed by atoms with E-state index in [0.29, 0.717) is 12.5 Å². The Labute approximate surface area is 223 Å². The van der Waals surface area contributed by atoms with Crippen molar-refractivity contribution in [1.29, 1.82) is 0 Å². The molecule has 0 radical (unpaired) electrons. The Balaban J connectivity index is 1.24. The Hall–Kier alpha value is -3.23. The quantitative estimate of drug-likeness (QED) is 0.309. The van der Waals surface area contributed by atoms with E-state index in [1.807, 2.05) is 36.1 Å². The van der Waals surface area contributed by atoms with Crippen molar-refractivity contribution in [3.63, 3.8) is 0 Å². The molecule has 2 atom stereocenters. The average Bonchev–Trinajstić information content (AvgIpc) is 3.54. The summed E-state index contributed by atoms with van der Waals surface area (Å²) in [6.07, 6.45) is 11.6. The summed E-state index contributed by atoms with van der Waals surface area (Å²) in [4.78, 5) is 25.1. The van der Waals surface area contributed by atoms with E-state index in [-0.39, 0.29) is 17.8 Å². The molecule has 4 heterocycles. The number of hydrogen-bond acceptors (Lipinski definition) is 6. The van der Waals surface area contributed by atoms with E-state index in [0.717, 1.165) is 65.3 Å². The fourth-order valence-electron chi connectivity index (χ4n) is 6.20. The van der Waals surface area contributed by atoms with Gasteiger partial charge in [0, 0.05) is 50.0 Å². The van der Waals surface area contributed by atoms with Crippen LogP contribution < -0.4 is 10.4 Å². The van der Waals surface area contributed by atoms with Gasteiger partial charge in [-0.1, -0.05) is 12.5 Å². The zero-order valence-corrected chi connectivity index (χ0v) is 22.4. The lowest BCUT2D eigenvalue weighted by Crippen LogP contribution is -2.31. The van der Waals surface area contributed by atoms with Gasteiger partial charge in [-0.2, -0.15) is 0 Å². The van der Waals surface area contributed by atoms with Crippen LogP contribution in [0.3, 0.4) is 0 Å². The van der Waals surface area contributed by atoms with Gasteiger partial charge in [-0.3, -0.25) is 14.1 Å². The van der Waals surface area contributed by atoms with Gasteiger partial charge in [-0.15, -0.1) is 0 Å². The number of rotatable bonds is 8. The summed E-state index contributed by atoms with van der Waals surface area (Å²) in [7, 11) is 3.58. The number of piperidine rings is 1. The van der Waals surface area contributed by atoms with Gasteiger partial charge in [-0.05, 0) is 75.4 Å². The SMILES string of the molecule is CO[C@@H]1CC[C@@H](n2c(=O)n(C)c3cnc4ccc(-c5ccc(OCCCN6CCCCC6)nc5)cc4c32)C1. The van der Waals surface area contributed by atoms with Crippen LogP contribution in [-0.4, -0.2) is 63.5 Å². The molecule has 1 saturated carbocycles. The molecule has 2 fully saturated rings. The standard InChI is InChI=1S/C30H37N5O3/c1-33-27-20-31-26-11-7-21(17-25(26)29(27)35(30(33)36)23-9-10-24(18-23)37-2)22-8-12-28(32-19-22)38-16-6-15-34-13-4-3-5-14-34/h7-8,11-12,17,19-20,23-24H,3-6,9-10,13-16,18H2,1-2H3/t23-,24-/m1/s1. The molecular weight excluding hydrogens is 478 g/mol. The molecule has 38 heavy (non-hydrogen) atoms. The van der Waals surface area contributed by atoms with E-state index < -0.39 is 0 Å². The van der Waals surface area contributed by atoms with E-state index in [9.17, 15) is 4.79 Å². The van der Waals surface area contributed by atoms with E-state index >= 15 is 0 Å². The van der Waals surface area contributed by atoms with Crippen molar-refractivity contribution in [2.45, 2.75) is 57.1 Å². The third-order valence-corrected chi connectivity index (χ3v) is 8.36. The normalized spacial score (nSPS) is 20.5. The number of methoxy groups -OCH3 is 1. The van der Waals surface area contributed by atoms with Crippen LogP contribution in [-0.2, 0) is 11.8 Å². The van der Waals surface area contributed by atoms with Gasteiger partial charge >= 0.3 is 5.69 Å². The molecule has 200 valence electrons. The minimum Gasteiger partial charge on any atom is -0.478 e. The van der Waals surface area contributed by atoms with Crippen LogP contribution >= 0.6 is 0 Å². The van der Waals surface area contributed by atoms with Crippen molar-refractivity contribution in [2.24, 2.45) is 7.05 Å². The number of aryl methyl sites for hydroxylation is 1. The molecule has 1 aliphatic heterocycles. The number of nitrogens with zero attached hydrogens (tertiary/aromatic N) is 5. The Morgan fingerprint density at radius 2 is 1.84 bits per heavy atom. The molecule has 3 aromatic heterocycles. The molecule has 1 saturated heterocycles. The highest BCUT2D eigenvalue weighted by Gasteiger charge is 2.29. The van der Waals surface area contributed by atoms with Gasteiger partial charge in [0.1, 0.15) is 0 Å². The first-order chi connectivity index (χ1) is 18.6. The number of aromatic nitrogens is 4. The maximum Gasteiger partial charge on any atom is 0.329 e. The smallest absolute Gasteiger partial charge is 0.329 e. The van der Waals surface area contributed by atoms with Gasteiger partial charge < -0.3 is 14.4 Å². The van der Waals surface area contributed by atoms with Crippen LogP contribution in [0.5, 0.6) is 5.88 Å². The second-order valence-electron chi connectivity index (χ2n) is 10.7. The molecule has 2 aliphatic rings. The second kappa shape index (κ2) is 10.9. The van der Waals surface area contributed by atoms with Gasteiger partial charge in [0.25, 0.3) is 0 Å². The van der Waals surface area contributed by atoms with Crippen molar-refractivity contribution in [3.05, 3.63) is 53.2 Å². The minimum absolute atomic E-state index is 0.00455. The number of hydrogen-bond donors (Lipinski definition) is 0. The molecule has 8 nitrogen and oxygen atoms in total. The Morgan fingerprint density at radius 3 is 2.61 bits per heavy atom. The number of likely N-dealkylation sites (tertiary alicyclic amines) is 1. The van der Waals surface area contributed by atoms with Crippen LogP contribution in [0.15, 0.2) is 47.5 Å². The Morgan fingerprint density at radius 1 is 1.00 bits per heavy atom. The zero-order chi connectivity index (χ0) is 26.1. The lowest BCUT2D eigenvalue weighted by Gasteiger charge is -2.26. The van der Waals surface area contributed by atoms with Crippen LogP contribution in [0.2, 0.25) is 0 Å². The highest BCUT2D eigenvalue weighted by atomic mass is 16.5. The molecule has 1 aromatic carbocycles. The zero-order valence-electron chi connectivity index (χ0n) is 22.4.